The van der Waals surface area contributed by atoms with Gasteiger partial charge in [0.25, 0.3) is 0 Å². The van der Waals surface area contributed by atoms with E-state index in [-0.39, 0.29) is 42.6 Å². The third kappa shape index (κ3) is 9.51. The number of ether oxygens (including phenoxy) is 3. The Morgan fingerprint density at radius 3 is 2.21 bits per heavy atom. The number of hydrogen-bond acceptors (Lipinski definition) is 9. The molecule has 0 fully saturated rings. The number of esters is 1. The van der Waals surface area contributed by atoms with Gasteiger partial charge in [-0.3, -0.25) is 4.79 Å². The van der Waals surface area contributed by atoms with E-state index >= 15 is 0 Å². The van der Waals surface area contributed by atoms with Crippen LogP contribution >= 0.6 is 0 Å². The normalized spacial score (nSPS) is 13.7. The zero-order chi connectivity index (χ0) is 32.0. The van der Waals surface area contributed by atoms with E-state index in [4.69, 9.17) is 14.2 Å². The Hall–Kier alpha value is -4.49. The predicted molar refractivity (Wildman–Crippen MR) is 163 cm³/mol. The molecule has 0 bridgehead atoms. The highest BCUT2D eigenvalue weighted by Crippen LogP contribution is 2.45. The molecule has 43 heavy (non-hydrogen) atoms. The maximum Gasteiger partial charge on any atom is 0.407 e. The summed E-state index contributed by atoms with van der Waals surface area (Å²) in [4.78, 5) is 26.2. The van der Waals surface area contributed by atoms with Gasteiger partial charge in [0, 0.05) is 24.4 Å². The topological polar surface area (TPSA) is 148 Å². The Morgan fingerprint density at radius 2 is 1.63 bits per heavy atom. The summed E-state index contributed by atoms with van der Waals surface area (Å²) in [6.07, 6.45) is 3.70. The Labute approximate surface area is 255 Å². The fourth-order valence-electron chi connectivity index (χ4n) is 4.49. The second-order valence-electron chi connectivity index (χ2n) is 11.4. The van der Waals surface area contributed by atoms with Crippen molar-refractivity contribution in [3.8, 4) is 18.2 Å². The lowest BCUT2D eigenvalue weighted by Crippen LogP contribution is -2.32. The molecule has 0 spiro atoms. The maximum absolute atomic E-state index is 12.0. The summed E-state index contributed by atoms with van der Waals surface area (Å²) in [7, 11) is 0. The molecule has 1 aliphatic heterocycles. The van der Waals surface area contributed by atoms with Crippen LogP contribution in [0.15, 0.2) is 41.2 Å². The van der Waals surface area contributed by atoms with E-state index in [1.807, 2.05) is 71.0 Å². The van der Waals surface area contributed by atoms with Crippen LogP contribution in [0.1, 0.15) is 79.2 Å². The highest BCUT2D eigenvalue weighted by molar-refractivity contribution is 5.84. The number of benzene rings is 1. The van der Waals surface area contributed by atoms with Gasteiger partial charge in [-0.25, -0.2) is 4.79 Å². The second-order valence-corrected chi connectivity index (χ2v) is 11.4. The van der Waals surface area contributed by atoms with Crippen LogP contribution in [-0.4, -0.2) is 50.5 Å². The van der Waals surface area contributed by atoms with Crippen molar-refractivity contribution in [3.63, 3.8) is 0 Å². The zero-order valence-electron chi connectivity index (χ0n) is 26.2. The first-order valence-electron chi connectivity index (χ1n) is 14.8. The van der Waals surface area contributed by atoms with Gasteiger partial charge in [-0.1, -0.05) is 32.4 Å². The molecule has 0 atom stereocenters. The lowest BCUT2D eigenvalue weighted by molar-refractivity contribution is -0.153. The molecule has 0 saturated heterocycles. The fraction of sp³-hybridized carbons (Fsp3) is 0.545. The molecule has 1 heterocycles. The number of anilines is 1. The van der Waals surface area contributed by atoms with E-state index in [0.29, 0.717) is 18.4 Å². The highest BCUT2D eigenvalue weighted by Gasteiger charge is 2.40. The summed E-state index contributed by atoms with van der Waals surface area (Å²) in [5.74, 6) is -0.264. The number of alkyl carbamates (subject to hydrolysis) is 1. The van der Waals surface area contributed by atoms with Gasteiger partial charge in [-0.15, -0.1) is 0 Å². The van der Waals surface area contributed by atoms with Crippen LogP contribution < -0.4 is 10.2 Å². The molecule has 1 N–H and O–H groups in total. The Morgan fingerprint density at radius 1 is 0.977 bits per heavy atom. The van der Waals surface area contributed by atoms with Crippen molar-refractivity contribution in [3.05, 3.63) is 46.7 Å². The first-order chi connectivity index (χ1) is 20.4. The second kappa shape index (κ2) is 16.2. The fourth-order valence-corrected chi connectivity index (χ4v) is 4.49. The van der Waals surface area contributed by atoms with E-state index in [2.05, 4.69) is 23.2 Å². The Balaban J connectivity index is 1.95. The molecule has 2 rings (SSSR count). The van der Waals surface area contributed by atoms with Crippen molar-refractivity contribution >= 4 is 23.3 Å². The molecule has 10 nitrogen and oxygen atoms in total. The average Bonchev–Trinajstić information content (AvgIpc) is 3.26. The summed E-state index contributed by atoms with van der Waals surface area (Å²) >= 11 is 0. The number of carbonyl (C=O) groups excluding carboxylic acids is 2. The number of unbranched alkanes of at least 4 members (excludes halogenated alkanes) is 2. The lowest BCUT2D eigenvalue weighted by Gasteiger charge is -2.26. The largest absolute Gasteiger partial charge is 0.480 e. The summed E-state index contributed by atoms with van der Waals surface area (Å²) in [6, 6.07) is 13.6. The van der Waals surface area contributed by atoms with Crippen molar-refractivity contribution in [2.75, 3.05) is 37.7 Å². The van der Waals surface area contributed by atoms with Gasteiger partial charge in [0.1, 0.15) is 36.0 Å². The molecule has 10 heteroatoms. The number of nitriles is 3. The molecule has 1 aromatic rings. The number of hydrogen-bond donors (Lipinski definition) is 1. The summed E-state index contributed by atoms with van der Waals surface area (Å²) in [6.45, 7) is 13.5. The van der Waals surface area contributed by atoms with Crippen LogP contribution in [-0.2, 0) is 19.0 Å². The van der Waals surface area contributed by atoms with E-state index in [1.54, 1.807) is 0 Å². The van der Waals surface area contributed by atoms with E-state index in [0.717, 1.165) is 43.6 Å². The van der Waals surface area contributed by atoms with Crippen molar-refractivity contribution in [1.82, 2.24) is 5.32 Å². The van der Waals surface area contributed by atoms with Crippen molar-refractivity contribution in [2.45, 2.75) is 79.2 Å². The van der Waals surface area contributed by atoms with Crippen molar-refractivity contribution < 1.29 is 23.8 Å². The summed E-state index contributed by atoms with van der Waals surface area (Å²) in [5, 5.41) is 31.1. The molecule has 1 amide bonds. The third-order valence-corrected chi connectivity index (χ3v) is 7.40. The van der Waals surface area contributed by atoms with Gasteiger partial charge < -0.3 is 24.4 Å². The van der Waals surface area contributed by atoms with Crippen molar-refractivity contribution in [2.24, 2.45) is 5.41 Å². The van der Waals surface area contributed by atoms with Gasteiger partial charge in [0.15, 0.2) is 11.3 Å². The first kappa shape index (κ1) is 34.7. The van der Waals surface area contributed by atoms with Gasteiger partial charge >= 0.3 is 12.1 Å². The Bertz CT molecular complexity index is 1310. The molecule has 0 unspecified atom stereocenters. The van der Waals surface area contributed by atoms with Crippen LogP contribution in [0, 0.1) is 39.4 Å². The molecule has 0 aromatic heterocycles. The minimum Gasteiger partial charge on any atom is -0.480 e. The number of nitrogens with one attached hydrogen (secondary N) is 1. The monoisotopic (exact) mass is 589 g/mol. The molecule has 0 aliphatic carbocycles. The molecular weight excluding hydrogens is 546 g/mol. The van der Waals surface area contributed by atoms with Crippen molar-refractivity contribution in [1.29, 1.82) is 15.8 Å². The van der Waals surface area contributed by atoms with Crippen LogP contribution in [0.4, 0.5) is 10.5 Å². The van der Waals surface area contributed by atoms with Gasteiger partial charge in [-0.2, -0.15) is 15.8 Å². The molecule has 1 aromatic carbocycles. The van der Waals surface area contributed by atoms with E-state index in [1.165, 1.54) is 0 Å². The standard InChI is InChI=1S/C33H43N5O5/c1-7-9-17-38(18-10-11-19-42-31(40)37-16-20-41-30(39)32(3,4)8-2)26-14-12-24(13-15-26)28-27(23-36)29(25(21-34)22-35)43-33(28,5)6/h12-15H,7-11,16-20H2,1-6H3,(H,37,40). The number of nitrogens with zero attached hydrogens (tertiary/aromatic N) is 4. The highest BCUT2D eigenvalue weighted by atomic mass is 16.6. The molecule has 0 radical (unpaired) electrons. The molecule has 1 aliphatic rings. The third-order valence-electron chi connectivity index (χ3n) is 7.40. The van der Waals surface area contributed by atoms with Gasteiger partial charge in [0.2, 0.25) is 0 Å². The van der Waals surface area contributed by atoms with Gasteiger partial charge in [-0.05, 0) is 71.1 Å². The zero-order valence-corrected chi connectivity index (χ0v) is 26.2. The van der Waals surface area contributed by atoms with E-state index < -0.39 is 17.1 Å². The lowest BCUT2D eigenvalue weighted by atomic mass is 9.89. The minimum absolute atomic E-state index is 0.0245. The summed E-state index contributed by atoms with van der Waals surface area (Å²) < 4.78 is 16.4. The minimum atomic E-state index is -0.883. The number of rotatable bonds is 15. The molecular formula is C33H43N5O5. The van der Waals surface area contributed by atoms with Crippen LogP contribution in [0.5, 0.6) is 0 Å². The van der Waals surface area contributed by atoms with E-state index in [9.17, 15) is 25.4 Å². The predicted octanol–water partition coefficient (Wildman–Crippen LogP) is 6.17. The van der Waals surface area contributed by atoms with Crippen LogP contribution in [0.2, 0.25) is 0 Å². The Kier molecular flexibility index (Phi) is 13.1. The number of allylic oxidation sites excluding steroid dienone is 2. The molecule has 230 valence electrons. The van der Waals surface area contributed by atoms with Crippen LogP contribution in [0.25, 0.3) is 5.57 Å². The first-order valence-corrected chi connectivity index (χ1v) is 14.8. The SMILES string of the molecule is CCCCN(CCCCOC(=O)NCCOC(=O)C(C)(C)CC)c1ccc(C2=C(C#N)C(=C(C#N)C#N)OC2(C)C)cc1. The summed E-state index contributed by atoms with van der Waals surface area (Å²) in [5.41, 5.74) is 0.998. The quantitative estimate of drug-likeness (QED) is 0.144. The van der Waals surface area contributed by atoms with Gasteiger partial charge in [0.05, 0.1) is 18.6 Å². The number of carbonyl (C=O) groups is 2. The smallest absolute Gasteiger partial charge is 0.407 e. The molecule has 0 saturated carbocycles. The number of amides is 1. The average molecular weight is 590 g/mol. The van der Waals surface area contributed by atoms with Crippen LogP contribution in [0.3, 0.4) is 0 Å². The maximum atomic E-state index is 12.0.